The third-order valence-corrected chi connectivity index (χ3v) is 6.78. The van der Waals surface area contributed by atoms with Gasteiger partial charge in [0.1, 0.15) is 5.82 Å². The molecule has 1 fully saturated rings. The smallest absolute Gasteiger partial charge is 0.235 e. The highest BCUT2D eigenvalue weighted by Crippen LogP contribution is 2.22. The van der Waals surface area contributed by atoms with Crippen molar-refractivity contribution in [2.24, 2.45) is 0 Å². The van der Waals surface area contributed by atoms with Crippen molar-refractivity contribution < 1.29 is 17.6 Å². The fourth-order valence-electron chi connectivity index (χ4n) is 3.76. The number of rotatable bonds is 8. The van der Waals surface area contributed by atoms with Crippen LogP contribution in [0.3, 0.4) is 0 Å². The SMILES string of the molecule is C[C@@H](NC(=O)CN(Cc1ccccc1F)S(C)(=O)=O)c1ccc(N2CCCCC2)cc1. The lowest BCUT2D eigenvalue weighted by Crippen LogP contribution is -2.40. The van der Waals surface area contributed by atoms with Crippen LogP contribution in [0, 0.1) is 5.82 Å². The molecule has 8 heteroatoms. The van der Waals surface area contributed by atoms with E-state index in [1.807, 2.05) is 19.1 Å². The molecular weight excluding hydrogens is 417 g/mol. The molecule has 1 heterocycles. The van der Waals surface area contributed by atoms with E-state index < -0.39 is 21.7 Å². The maximum Gasteiger partial charge on any atom is 0.235 e. The largest absolute Gasteiger partial charge is 0.372 e. The van der Waals surface area contributed by atoms with Crippen LogP contribution in [0.15, 0.2) is 48.5 Å². The summed E-state index contributed by atoms with van der Waals surface area (Å²) in [4.78, 5) is 14.9. The van der Waals surface area contributed by atoms with Gasteiger partial charge in [-0.05, 0) is 49.9 Å². The number of nitrogens with one attached hydrogen (secondary N) is 1. The van der Waals surface area contributed by atoms with Crippen molar-refractivity contribution in [1.82, 2.24) is 9.62 Å². The molecule has 0 aromatic heterocycles. The van der Waals surface area contributed by atoms with E-state index >= 15 is 0 Å². The molecule has 0 saturated carbocycles. The molecule has 3 rings (SSSR count). The molecule has 168 valence electrons. The normalized spacial score (nSPS) is 15.7. The highest BCUT2D eigenvalue weighted by molar-refractivity contribution is 7.88. The van der Waals surface area contributed by atoms with Crippen LogP contribution in [-0.4, -0.2) is 44.5 Å². The topological polar surface area (TPSA) is 69.7 Å². The van der Waals surface area contributed by atoms with Crippen LogP contribution in [0.2, 0.25) is 0 Å². The van der Waals surface area contributed by atoms with Gasteiger partial charge >= 0.3 is 0 Å². The van der Waals surface area contributed by atoms with Crippen molar-refractivity contribution in [3.05, 3.63) is 65.5 Å². The van der Waals surface area contributed by atoms with Gasteiger partial charge in [0.05, 0.1) is 18.8 Å². The number of anilines is 1. The van der Waals surface area contributed by atoms with Gasteiger partial charge in [0, 0.05) is 30.9 Å². The van der Waals surface area contributed by atoms with Gasteiger partial charge in [-0.15, -0.1) is 0 Å². The Balaban J connectivity index is 1.61. The van der Waals surface area contributed by atoms with Crippen molar-refractivity contribution in [3.8, 4) is 0 Å². The molecule has 1 atom stereocenters. The Morgan fingerprint density at radius 3 is 2.35 bits per heavy atom. The predicted molar refractivity (Wildman–Crippen MR) is 121 cm³/mol. The van der Waals surface area contributed by atoms with Gasteiger partial charge in [-0.2, -0.15) is 4.31 Å². The van der Waals surface area contributed by atoms with Crippen LogP contribution in [-0.2, 0) is 21.4 Å². The van der Waals surface area contributed by atoms with E-state index in [0.717, 1.165) is 29.2 Å². The number of amides is 1. The standard InChI is InChI=1S/C23H30FN3O3S/c1-18(19-10-12-21(13-11-19)26-14-6-3-7-15-26)25-23(28)17-27(31(2,29)30)16-20-8-4-5-9-22(20)24/h4-5,8-13,18H,3,6-7,14-17H2,1-2H3,(H,25,28)/t18-/m1/s1. The summed E-state index contributed by atoms with van der Waals surface area (Å²) in [6, 6.07) is 13.8. The van der Waals surface area contributed by atoms with Crippen LogP contribution in [0.25, 0.3) is 0 Å². The summed E-state index contributed by atoms with van der Waals surface area (Å²) >= 11 is 0. The summed E-state index contributed by atoms with van der Waals surface area (Å²) in [5.74, 6) is -0.937. The van der Waals surface area contributed by atoms with Gasteiger partial charge in [0.15, 0.2) is 0 Å². The first-order valence-corrected chi connectivity index (χ1v) is 12.4. The molecule has 1 aliphatic rings. The van der Waals surface area contributed by atoms with E-state index in [-0.39, 0.29) is 24.7 Å². The maximum atomic E-state index is 13.9. The molecule has 1 saturated heterocycles. The van der Waals surface area contributed by atoms with Crippen molar-refractivity contribution in [2.45, 2.75) is 38.8 Å². The molecule has 2 aromatic rings. The van der Waals surface area contributed by atoms with Gasteiger partial charge in [0.2, 0.25) is 15.9 Å². The second-order valence-corrected chi connectivity index (χ2v) is 10.0. The first-order valence-electron chi connectivity index (χ1n) is 10.6. The maximum absolute atomic E-state index is 13.9. The van der Waals surface area contributed by atoms with E-state index in [0.29, 0.717) is 0 Å². The van der Waals surface area contributed by atoms with Crippen molar-refractivity contribution in [2.75, 3.05) is 30.8 Å². The summed E-state index contributed by atoms with van der Waals surface area (Å²) < 4.78 is 39.2. The number of hydrogen-bond donors (Lipinski definition) is 1. The first kappa shape index (κ1) is 23.2. The van der Waals surface area contributed by atoms with E-state index in [1.165, 1.54) is 43.1 Å². The Kier molecular flexibility index (Phi) is 7.67. The van der Waals surface area contributed by atoms with Crippen LogP contribution in [0.5, 0.6) is 0 Å². The van der Waals surface area contributed by atoms with Crippen LogP contribution in [0.4, 0.5) is 10.1 Å². The lowest BCUT2D eigenvalue weighted by atomic mass is 10.1. The van der Waals surface area contributed by atoms with Crippen molar-refractivity contribution >= 4 is 21.6 Å². The summed E-state index contributed by atoms with van der Waals surface area (Å²) in [7, 11) is -3.69. The van der Waals surface area contributed by atoms with Crippen molar-refractivity contribution in [3.63, 3.8) is 0 Å². The minimum absolute atomic E-state index is 0.197. The zero-order chi connectivity index (χ0) is 22.4. The number of carbonyl (C=O) groups is 1. The average molecular weight is 448 g/mol. The van der Waals surface area contributed by atoms with Crippen LogP contribution in [0.1, 0.15) is 43.4 Å². The Labute approximate surface area is 184 Å². The van der Waals surface area contributed by atoms with E-state index in [9.17, 15) is 17.6 Å². The number of nitrogens with zero attached hydrogens (tertiary/aromatic N) is 2. The van der Waals surface area contributed by atoms with E-state index in [4.69, 9.17) is 0 Å². The number of hydrogen-bond acceptors (Lipinski definition) is 4. The Morgan fingerprint density at radius 1 is 1.10 bits per heavy atom. The van der Waals surface area contributed by atoms with E-state index in [1.54, 1.807) is 6.07 Å². The number of halogens is 1. The zero-order valence-corrected chi connectivity index (χ0v) is 18.9. The summed E-state index contributed by atoms with van der Waals surface area (Å²) in [6.45, 7) is 3.42. The Hall–Kier alpha value is -2.45. The highest BCUT2D eigenvalue weighted by atomic mass is 32.2. The predicted octanol–water partition coefficient (Wildman–Crippen LogP) is 3.46. The minimum atomic E-state index is -3.69. The molecule has 6 nitrogen and oxygen atoms in total. The molecular formula is C23H30FN3O3S. The number of benzene rings is 2. The fourth-order valence-corrected chi connectivity index (χ4v) is 4.49. The summed E-state index contributed by atoms with van der Waals surface area (Å²) in [6.07, 6.45) is 4.71. The van der Waals surface area contributed by atoms with Crippen molar-refractivity contribution in [1.29, 1.82) is 0 Å². The lowest BCUT2D eigenvalue weighted by Gasteiger charge is -2.29. The van der Waals surface area contributed by atoms with Gasteiger partial charge in [-0.3, -0.25) is 4.79 Å². The third-order valence-electron chi connectivity index (χ3n) is 5.59. The second-order valence-electron chi connectivity index (χ2n) is 8.05. The molecule has 2 aromatic carbocycles. The molecule has 0 radical (unpaired) electrons. The molecule has 1 N–H and O–H groups in total. The average Bonchev–Trinajstić information content (AvgIpc) is 2.75. The molecule has 31 heavy (non-hydrogen) atoms. The summed E-state index contributed by atoms with van der Waals surface area (Å²) in [5.41, 5.74) is 2.34. The lowest BCUT2D eigenvalue weighted by molar-refractivity contribution is -0.122. The molecule has 0 bridgehead atoms. The third kappa shape index (κ3) is 6.51. The number of carbonyl (C=O) groups excluding carboxylic acids is 1. The number of sulfonamides is 1. The molecule has 0 spiro atoms. The quantitative estimate of drug-likeness (QED) is 0.673. The monoisotopic (exact) mass is 447 g/mol. The van der Waals surface area contributed by atoms with Gasteiger partial charge in [0.25, 0.3) is 0 Å². The van der Waals surface area contributed by atoms with Gasteiger partial charge in [-0.25, -0.2) is 12.8 Å². The molecule has 1 aliphatic heterocycles. The summed E-state index contributed by atoms with van der Waals surface area (Å²) in [5, 5.41) is 2.85. The van der Waals surface area contributed by atoms with Crippen LogP contribution >= 0.6 is 0 Å². The first-order chi connectivity index (χ1) is 14.7. The molecule has 1 amide bonds. The highest BCUT2D eigenvalue weighted by Gasteiger charge is 2.23. The molecule has 0 unspecified atom stereocenters. The number of piperidine rings is 1. The molecule has 0 aliphatic carbocycles. The van der Waals surface area contributed by atoms with Crippen LogP contribution < -0.4 is 10.2 Å². The Morgan fingerprint density at radius 2 is 1.74 bits per heavy atom. The Bertz CT molecular complexity index is 989. The zero-order valence-electron chi connectivity index (χ0n) is 18.1. The fraction of sp³-hybridized carbons (Fsp3) is 0.435. The van der Waals surface area contributed by atoms with Gasteiger partial charge in [-0.1, -0.05) is 30.3 Å². The van der Waals surface area contributed by atoms with E-state index in [2.05, 4.69) is 22.3 Å². The van der Waals surface area contributed by atoms with Gasteiger partial charge < -0.3 is 10.2 Å². The second kappa shape index (κ2) is 10.2. The minimum Gasteiger partial charge on any atom is -0.372 e.